The van der Waals surface area contributed by atoms with E-state index < -0.39 is 0 Å². The first-order valence-corrected chi connectivity index (χ1v) is 5.31. The van der Waals surface area contributed by atoms with Crippen LogP contribution >= 0.6 is 0 Å². The second-order valence-corrected chi connectivity index (χ2v) is 3.84. The lowest BCUT2D eigenvalue weighted by atomic mass is 10.0. The molecule has 0 aliphatic carbocycles. The van der Waals surface area contributed by atoms with Crippen molar-refractivity contribution in [2.45, 2.75) is 13.3 Å². The number of Topliss-reactive ketones (excluding diaryl/α,β-unsaturated/α-hetero) is 1. The zero-order valence-electron chi connectivity index (χ0n) is 9.55. The standard InChI is InChI=1S/C13H13N3O/c1-9-3-2-5-16-13(9)12(17)7-10-8-15-6-4-11(10)14/h2-6,8H,7H2,1H3,(H2,14,15). The molecule has 0 spiro atoms. The molecule has 2 heterocycles. The Hall–Kier alpha value is -2.23. The number of nitrogens with zero attached hydrogens (tertiary/aromatic N) is 2. The van der Waals surface area contributed by atoms with Crippen LogP contribution in [0.5, 0.6) is 0 Å². The maximum absolute atomic E-state index is 12.0. The lowest BCUT2D eigenvalue weighted by molar-refractivity contribution is 0.0987. The van der Waals surface area contributed by atoms with Crippen LogP contribution in [-0.4, -0.2) is 15.8 Å². The molecule has 0 aromatic carbocycles. The summed E-state index contributed by atoms with van der Waals surface area (Å²) in [6.07, 6.45) is 5.07. The summed E-state index contributed by atoms with van der Waals surface area (Å²) in [6, 6.07) is 5.37. The molecule has 0 saturated heterocycles. The largest absolute Gasteiger partial charge is 0.398 e. The molecule has 4 nitrogen and oxygen atoms in total. The van der Waals surface area contributed by atoms with Gasteiger partial charge in [-0.1, -0.05) is 6.07 Å². The second-order valence-electron chi connectivity index (χ2n) is 3.84. The number of carbonyl (C=O) groups is 1. The van der Waals surface area contributed by atoms with E-state index in [-0.39, 0.29) is 12.2 Å². The number of hydrogen-bond acceptors (Lipinski definition) is 4. The van der Waals surface area contributed by atoms with Gasteiger partial charge in [0.1, 0.15) is 5.69 Å². The molecule has 0 amide bonds. The molecule has 0 fully saturated rings. The number of pyridine rings is 2. The van der Waals surface area contributed by atoms with Crippen molar-refractivity contribution in [3.63, 3.8) is 0 Å². The number of rotatable bonds is 3. The summed E-state index contributed by atoms with van der Waals surface area (Å²) in [4.78, 5) is 20.1. The fourth-order valence-electron chi connectivity index (χ4n) is 1.62. The monoisotopic (exact) mass is 227 g/mol. The summed E-state index contributed by atoms with van der Waals surface area (Å²) in [5.41, 5.74) is 8.47. The van der Waals surface area contributed by atoms with Gasteiger partial charge in [0.25, 0.3) is 0 Å². The third kappa shape index (κ3) is 2.47. The first-order valence-electron chi connectivity index (χ1n) is 5.31. The van der Waals surface area contributed by atoms with Crippen molar-refractivity contribution < 1.29 is 4.79 Å². The maximum atomic E-state index is 12.0. The number of nitrogen functional groups attached to an aromatic ring is 1. The molecule has 0 saturated carbocycles. The highest BCUT2D eigenvalue weighted by Gasteiger charge is 2.12. The van der Waals surface area contributed by atoms with Gasteiger partial charge in [-0.15, -0.1) is 0 Å². The Morgan fingerprint density at radius 1 is 1.35 bits per heavy atom. The number of hydrogen-bond donors (Lipinski definition) is 1. The topological polar surface area (TPSA) is 68.9 Å². The lowest BCUT2D eigenvalue weighted by Gasteiger charge is -2.05. The smallest absolute Gasteiger partial charge is 0.185 e. The molecule has 2 N–H and O–H groups in total. The van der Waals surface area contributed by atoms with Gasteiger partial charge in [-0.05, 0) is 24.6 Å². The fourth-order valence-corrected chi connectivity index (χ4v) is 1.62. The molecule has 2 aromatic heterocycles. The lowest BCUT2D eigenvalue weighted by Crippen LogP contribution is -2.09. The molecule has 17 heavy (non-hydrogen) atoms. The number of ketones is 1. The zero-order chi connectivity index (χ0) is 12.3. The Morgan fingerprint density at radius 2 is 2.18 bits per heavy atom. The Morgan fingerprint density at radius 3 is 2.88 bits per heavy atom. The van der Waals surface area contributed by atoms with Crippen LogP contribution in [0.2, 0.25) is 0 Å². The number of anilines is 1. The van der Waals surface area contributed by atoms with Crippen molar-refractivity contribution in [1.82, 2.24) is 9.97 Å². The fraction of sp³-hybridized carbons (Fsp3) is 0.154. The van der Waals surface area contributed by atoms with E-state index in [0.29, 0.717) is 11.4 Å². The van der Waals surface area contributed by atoms with E-state index in [9.17, 15) is 4.79 Å². The van der Waals surface area contributed by atoms with Crippen LogP contribution < -0.4 is 5.73 Å². The molecular formula is C13H13N3O. The van der Waals surface area contributed by atoms with E-state index in [1.54, 1.807) is 24.7 Å². The maximum Gasteiger partial charge on any atom is 0.185 e. The Kier molecular flexibility index (Phi) is 3.14. The van der Waals surface area contributed by atoms with Crippen molar-refractivity contribution in [3.8, 4) is 0 Å². The molecule has 2 rings (SSSR count). The summed E-state index contributed by atoms with van der Waals surface area (Å²) >= 11 is 0. The predicted octanol–water partition coefficient (Wildman–Crippen LogP) is 1.79. The minimum absolute atomic E-state index is 0.0391. The first kappa shape index (κ1) is 11.3. The Balaban J connectivity index is 2.24. The first-order chi connectivity index (χ1) is 8.18. The Labute approximate surface area is 99.5 Å². The van der Waals surface area contributed by atoms with E-state index in [0.717, 1.165) is 11.1 Å². The molecule has 0 aliphatic heterocycles. The normalized spacial score (nSPS) is 10.2. The summed E-state index contributed by atoms with van der Waals surface area (Å²) < 4.78 is 0. The molecule has 86 valence electrons. The molecule has 0 radical (unpaired) electrons. The highest BCUT2D eigenvalue weighted by atomic mass is 16.1. The Bertz CT molecular complexity index is 552. The van der Waals surface area contributed by atoms with E-state index in [4.69, 9.17) is 5.73 Å². The number of aromatic nitrogens is 2. The number of aryl methyl sites for hydroxylation is 1. The molecule has 4 heteroatoms. The summed E-state index contributed by atoms with van der Waals surface area (Å²) in [5, 5.41) is 0. The molecule has 0 atom stereocenters. The van der Waals surface area contributed by atoms with Crippen molar-refractivity contribution in [2.75, 3.05) is 5.73 Å². The third-order valence-electron chi connectivity index (χ3n) is 2.57. The van der Waals surface area contributed by atoms with Gasteiger partial charge in [0.2, 0.25) is 0 Å². The van der Waals surface area contributed by atoms with Gasteiger partial charge >= 0.3 is 0 Å². The van der Waals surface area contributed by atoms with Gasteiger partial charge < -0.3 is 5.73 Å². The number of carbonyl (C=O) groups excluding carboxylic acids is 1. The minimum atomic E-state index is -0.0391. The van der Waals surface area contributed by atoms with Crippen LogP contribution in [0.4, 0.5) is 5.69 Å². The van der Waals surface area contributed by atoms with Crippen molar-refractivity contribution in [3.05, 3.63) is 53.6 Å². The summed E-state index contributed by atoms with van der Waals surface area (Å²) in [7, 11) is 0. The van der Waals surface area contributed by atoms with Gasteiger partial charge in [0.15, 0.2) is 5.78 Å². The van der Waals surface area contributed by atoms with Crippen LogP contribution in [0.25, 0.3) is 0 Å². The molecule has 0 bridgehead atoms. The SMILES string of the molecule is Cc1cccnc1C(=O)Cc1cnccc1N. The van der Waals surface area contributed by atoms with Crippen LogP contribution in [0, 0.1) is 6.92 Å². The molecule has 0 aliphatic rings. The van der Waals surface area contributed by atoms with E-state index in [1.807, 2.05) is 19.1 Å². The van der Waals surface area contributed by atoms with Crippen LogP contribution in [0.15, 0.2) is 36.8 Å². The summed E-state index contributed by atoms with van der Waals surface area (Å²) in [6.45, 7) is 1.87. The van der Waals surface area contributed by atoms with Crippen molar-refractivity contribution >= 4 is 11.5 Å². The average molecular weight is 227 g/mol. The van der Waals surface area contributed by atoms with Gasteiger partial charge in [0, 0.05) is 36.3 Å². The van der Waals surface area contributed by atoms with E-state index in [1.165, 1.54) is 0 Å². The molecule has 0 unspecified atom stereocenters. The minimum Gasteiger partial charge on any atom is -0.398 e. The van der Waals surface area contributed by atoms with Crippen LogP contribution in [0.3, 0.4) is 0 Å². The summed E-state index contributed by atoms with van der Waals surface area (Å²) in [5.74, 6) is -0.0391. The van der Waals surface area contributed by atoms with Gasteiger partial charge in [-0.2, -0.15) is 0 Å². The van der Waals surface area contributed by atoms with Crippen LogP contribution in [0.1, 0.15) is 21.6 Å². The highest BCUT2D eigenvalue weighted by Crippen LogP contribution is 2.13. The molecule has 2 aromatic rings. The molecular weight excluding hydrogens is 214 g/mol. The predicted molar refractivity (Wildman–Crippen MR) is 65.7 cm³/mol. The average Bonchev–Trinajstić information content (AvgIpc) is 2.32. The third-order valence-corrected chi connectivity index (χ3v) is 2.57. The van der Waals surface area contributed by atoms with Gasteiger partial charge in [0.05, 0.1) is 0 Å². The van der Waals surface area contributed by atoms with Crippen LogP contribution in [-0.2, 0) is 6.42 Å². The van der Waals surface area contributed by atoms with Gasteiger partial charge in [-0.3, -0.25) is 14.8 Å². The van der Waals surface area contributed by atoms with Crippen molar-refractivity contribution in [1.29, 1.82) is 0 Å². The number of nitrogens with two attached hydrogens (primary N) is 1. The zero-order valence-corrected chi connectivity index (χ0v) is 9.55. The second kappa shape index (κ2) is 4.74. The highest BCUT2D eigenvalue weighted by molar-refractivity contribution is 5.97. The van der Waals surface area contributed by atoms with E-state index in [2.05, 4.69) is 9.97 Å². The quantitative estimate of drug-likeness (QED) is 0.812. The van der Waals surface area contributed by atoms with Crippen molar-refractivity contribution in [2.24, 2.45) is 0 Å². The van der Waals surface area contributed by atoms with Gasteiger partial charge in [-0.25, -0.2) is 0 Å². The van der Waals surface area contributed by atoms with E-state index >= 15 is 0 Å².